The van der Waals surface area contributed by atoms with Gasteiger partial charge in [0.05, 0.1) is 0 Å². The molecule has 5 heteroatoms. The Morgan fingerprint density at radius 2 is 2.17 bits per heavy atom. The number of amides is 1. The first-order valence-corrected chi connectivity index (χ1v) is 8.01. The van der Waals surface area contributed by atoms with Crippen LogP contribution in [0.2, 0.25) is 0 Å². The Labute approximate surface area is 142 Å². The molecule has 2 aromatic rings. The lowest BCUT2D eigenvalue weighted by Gasteiger charge is -2.19. The molecule has 0 radical (unpaired) electrons. The zero-order valence-corrected chi connectivity index (χ0v) is 14.3. The molecule has 3 rings (SSSR count). The van der Waals surface area contributed by atoms with Crippen molar-refractivity contribution in [3.8, 4) is 11.5 Å². The van der Waals surface area contributed by atoms with Crippen LogP contribution in [0.15, 0.2) is 42.7 Å². The van der Waals surface area contributed by atoms with Gasteiger partial charge in [-0.3, -0.25) is 9.78 Å². The maximum absolute atomic E-state index is 12.3. The topological polar surface area (TPSA) is 51.7 Å². The third kappa shape index (κ3) is 3.67. The Hall–Kier alpha value is -2.56. The molecule has 0 bridgehead atoms. The van der Waals surface area contributed by atoms with Gasteiger partial charge in [-0.05, 0) is 31.5 Å². The molecule has 1 aliphatic rings. The zero-order chi connectivity index (χ0) is 17.2. The summed E-state index contributed by atoms with van der Waals surface area (Å²) in [6.45, 7) is 4.58. The number of pyridine rings is 1. The van der Waals surface area contributed by atoms with E-state index in [1.807, 2.05) is 44.2 Å². The second-order valence-corrected chi connectivity index (χ2v) is 6.68. The first-order valence-electron chi connectivity index (χ1n) is 8.01. The van der Waals surface area contributed by atoms with Gasteiger partial charge in [0.25, 0.3) is 5.91 Å². The van der Waals surface area contributed by atoms with Gasteiger partial charge in [-0.1, -0.05) is 18.2 Å². The SMILES string of the molecule is CN(Cc1cccnc1)C(=O)COc1cccc2c1OC(C)(C)C2. The predicted octanol–water partition coefficient (Wildman–Crippen LogP) is 2.83. The smallest absolute Gasteiger partial charge is 0.260 e. The Bertz CT molecular complexity index is 729. The third-order valence-electron chi connectivity index (χ3n) is 3.97. The molecular weight excluding hydrogens is 304 g/mol. The van der Waals surface area contributed by atoms with Crippen LogP contribution in [0.5, 0.6) is 11.5 Å². The fraction of sp³-hybridized carbons (Fsp3) is 0.368. The molecule has 0 spiro atoms. The van der Waals surface area contributed by atoms with Gasteiger partial charge in [-0.2, -0.15) is 0 Å². The van der Waals surface area contributed by atoms with Gasteiger partial charge in [0, 0.05) is 38.0 Å². The van der Waals surface area contributed by atoms with E-state index in [2.05, 4.69) is 4.98 Å². The summed E-state index contributed by atoms with van der Waals surface area (Å²) in [5, 5.41) is 0. The molecule has 0 saturated heterocycles. The Kier molecular flexibility index (Phi) is 4.42. The lowest BCUT2D eigenvalue weighted by molar-refractivity contribution is -0.132. The molecule has 24 heavy (non-hydrogen) atoms. The van der Waals surface area contributed by atoms with Gasteiger partial charge in [0.1, 0.15) is 5.60 Å². The van der Waals surface area contributed by atoms with Crippen LogP contribution in [-0.2, 0) is 17.8 Å². The van der Waals surface area contributed by atoms with E-state index in [1.165, 1.54) is 0 Å². The Balaban J connectivity index is 1.61. The van der Waals surface area contributed by atoms with Crippen LogP contribution < -0.4 is 9.47 Å². The monoisotopic (exact) mass is 326 g/mol. The van der Waals surface area contributed by atoms with Gasteiger partial charge < -0.3 is 14.4 Å². The average Bonchev–Trinajstić information content (AvgIpc) is 2.87. The van der Waals surface area contributed by atoms with E-state index in [-0.39, 0.29) is 18.1 Å². The Morgan fingerprint density at radius 1 is 1.33 bits per heavy atom. The molecular formula is C19H22N2O3. The molecule has 126 valence electrons. The number of fused-ring (bicyclic) bond motifs is 1. The number of hydrogen-bond donors (Lipinski definition) is 0. The van der Waals surface area contributed by atoms with Crippen LogP contribution in [0.25, 0.3) is 0 Å². The van der Waals surface area contributed by atoms with Crippen molar-refractivity contribution >= 4 is 5.91 Å². The quantitative estimate of drug-likeness (QED) is 0.848. The van der Waals surface area contributed by atoms with Crippen molar-refractivity contribution in [1.82, 2.24) is 9.88 Å². The fourth-order valence-corrected chi connectivity index (χ4v) is 2.80. The normalized spacial score (nSPS) is 14.6. The fourth-order valence-electron chi connectivity index (χ4n) is 2.80. The van der Waals surface area contributed by atoms with Gasteiger partial charge >= 0.3 is 0 Å². The lowest BCUT2D eigenvalue weighted by atomic mass is 10.0. The van der Waals surface area contributed by atoms with Crippen LogP contribution >= 0.6 is 0 Å². The van der Waals surface area contributed by atoms with E-state index >= 15 is 0 Å². The summed E-state index contributed by atoms with van der Waals surface area (Å²) < 4.78 is 11.7. The number of hydrogen-bond acceptors (Lipinski definition) is 4. The van der Waals surface area contributed by atoms with Crippen molar-refractivity contribution in [2.24, 2.45) is 0 Å². The summed E-state index contributed by atoms with van der Waals surface area (Å²) >= 11 is 0. The molecule has 1 amide bonds. The van der Waals surface area contributed by atoms with Crippen molar-refractivity contribution in [2.45, 2.75) is 32.4 Å². The number of ether oxygens (including phenoxy) is 2. The number of benzene rings is 1. The van der Waals surface area contributed by atoms with E-state index in [4.69, 9.17) is 9.47 Å². The molecule has 0 unspecified atom stereocenters. The first kappa shape index (κ1) is 16.3. The van der Waals surface area contributed by atoms with Crippen molar-refractivity contribution < 1.29 is 14.3 Å². The summed E-state index contributed by atoms with van der Waals surface area (Å²) in [6.07, 6.45) is 4.31. The summed E-state index contributed by atoms with van der Waals surface area (Å²) in [5.74, 6) is 1.29. The van der Waals surface area contributed by atoms with E-state index in [1.54, 1.807) is 24.3 Å². The minimum absolute atomic E-state index is 0.0169. The van der Waals surface area contributed by atoms with E-state index in [9.17, 15) is 4.79 Å². The highest BCUT2D eigenvalue weighted by Crippen LogP contribution is 2.41. The number of likely N-dealkylation sites (N-methyl/N-ethyl adjacent to an activating group) is 1. The minimum atomic E-state index is -0.233. The highest BCUT2D eigenvalue weighted by molar-refractivity contribution is 5.77. The largest absolute Gasteiger partial charge is 0.483 e. The van der Waals surface area contributed by atoms with E-state index in [0.717, 1.165) is 23.3 Å². The van der Waals surface area contributed by atoms with Crippen LogP contribution in [0, 0.1) is 0 Å². The molecule has 1 aromatic heterocycles. The van der Waals surface area contributed by atoms with Crippen LogP contribution in [0.4, 0.5) is 0 Å². The van der Waals surface area contributed by atoms with Crippen molar-refractivity contribution in [3.05, 3.63) is 53.9 Å². The van der Waals surface area contributed by atoms with Crippen molar-refractivity contribution in [2.75, 3.05) is 13.7 Å². The van der Waals surface area contributed by atoms with E-state index in [0.29, 0.717) is 12.3 Å². The molecule has 1 aromatic carbocycles. The molecule has 5 nitrogen and oxygen atoms in total. The molecule has 0 atom stereocenters. The molecule has 1 aliphatic heterocycles. The van der Waals surface area contributed by atoms with Crippen LogP contribution in [0.1, 0.15) is 25.0 Å². The predicted molar refractivity (Wildman–Crippen MR) is 91.1 cm³/mol. The number of para-hydroxylation sites is 1. The maximum Gasteiger partial charge on any atom is 0.260 e. The number of carbonyl (C=O) groups excluding carboxylic acids is 1. The zero-order valence-electron chi connectivity index (χ0n) is 14.3. The summed E-state index contributed by atoms with van der Waals surface area (Å²) in [7, 11) is 1.76. The summed E-state index contributed by atoms with van der Waals surface area (Å²) in [4.78, 5) is 18.0. The highest BCUT2D eigenvalue weighted by Gasteiger charge is 2.32. The van der Waals surface area contributed by atoms with Gasteiger partial charge in [-0.25, -0.2) is 0 Å². The van der Waals surface area contributed by atoms with Crippen LogP contribution in [0.3, 0.4) is 0 Å². The first-order chi connectivity index (χ1) is 11.4. The van der Waals surface area contributed by atoms with Crippen molar-refractivity contribution in [3.63, 3.8) is 0 Å². The molecule has 0 aliphatic carbocycles. The number of aromatic nitrogens is 1. The van der Waals surface area contributed by atoms with E-state index < -0.39 is 0 Å². The molecule has 0 saturated carbocycles. The van der Waals surface area contributed by atoms with Gasteiger partial charge in [0.15, 0.2) is 18.1 Å². The molecule has 0 N–H and O–H groups in total. The van der Waals surface area contributed by atoms with Crippen molar-refractivity contribution in [1.29, 1.82) is 0 Å². The standard InChI is InChI=1S/C19H22N2O3/c1-19(2)10-15-7-4-8-16(18(15)24-19)23-13-17(22)21(3)12-14-6-5-9-20-11-14/h4-9,11H,10,12-13H2,1-3H3. The maximum atomic E-state index is 12.3. The lowest BCUT2D eigenvalue weighted by Crippen LogP contribution is -2.31. The number of rotatable bonds is 5. The molecule has 0 fully saturated rings. The highest BCUT2D eigenvalue weighted by atomic mass is 16.5. The average molecular weight is 326 g/mol. The second kappa shape index (κ2) is 6.51. The number of nitrogens with zero attached hydrogens (tertiary/aromatic N) is 2. The van der Waals surface area contributed by atoms with Gasteiger partial charge in [0.2, 0.25) is 0 Å². The minimum Gasteiger partial charge on any atom is -0.483 e. The Morgan fingerprint density at radius 3 is 2.92 bits per heavy atom. The summed E-state index contributed by atoms with van der Waals surface area (Å²) in [5.41, 5.74) is 1.87. The van der Waals surface area contributed by atoms with Gasteiger partial charge in [-0.15, -0.1) is 0 Å². The van der Waals surface area contributed by atoms with Crippen LogP contribution in [-0.4, -0.2) is 35.0 Å². The number of carbonyl (C=O) groups is 1. The third-order valence-corrected chi connectivity index (χ3v) is 3.97. The molecule has 2 heterocycles. The second-order valence-electron chi connectivity index (χ2n) is 6.68. The summed E-state index contributed by atoms with van der Waals surface area (Å²) in [6, 6.07) is 9.61.